The molecule has 0 radical (unpaired) electrons. The van der Waals surface area contributed by atoms with E-state index in [0.717, 1.165) is 0 Å². The molecule has 0 aromatic heterocycles. The standard InChI is InChI=1S/C22H25N3O8.ClH/c1-6-7-4-5-8(23)15(26)10(7)16(27)11-9(6)17(28)13-14(25(2)3)18(29)12(21(24)32)20(31)22(13,33)19(11)30;/h4-6,9,13-14,17,26-28,31,33H,23H2,1-3H3,(H2,24,32);1H/t6-,9+,13+,14-,17-,22-;/m0./s1. The zero-order valence-corrected chi connectivity index (χ0v) is 19.3. The maximum absolute atomic E-state index is 13.7. The summed E-state index contributed by atoms with van der Waals surface area (Å²) in [6, 6.07) is 1.57. The van der Waals surface area contributed by atoms with Gasteiger partial charge in [-0.15, -0.1) is 12.4 Å². The van der Waals surface area contributed by atoms with Crippen LogP contribution in [0, 0.1) is 11.8 Å². The van der Waals surface area contributed by atoms with Gasteiger partial charge in [-0.1, -0.05) is 13.0 Å². The summed E-state index contributed by atoms with van der Waals surface area (Å²) in [6.45, 7) is 1.65. The van der Waals surface area contributed by atoms with Gasteiger partial charge in [-0.3, -0.25) is 19.3 Å². The van der Waals surface area contributed by atoms with Crippen molar-refractivity contribution < 1.29 is 39.9 Å². The Labute approximate surface area is 200 Å². The SMILES string of the molecule is C[C@H]1c2ccc(N)c(O)c2C(O)=C2C(=O)[C@]3(O)C(O)=C(C(N)=O)C(=O)[C@@H](N(C)C)[C@@H]3[C@@H](O)[C@@H]21.Cl. The average Bonchev–Trinajstić information content (AvgIpc) is 2.72. The number of aliphatic hydroxyl groups excluding tert-OH is 3. The number of halogens is 1. The molecule has 6 atom stereocenters. The first kappa shape index (κ1) is 25.5. The molecule has 1 aromatic rings. The third-order valence-corrected chi connectivity index (χ3v) is 7.16. The van der Waals surface area contributed by atoms with Crippen molar-refractivity contribution in [2.75, 3.05) is 19.8 Å². The number of carbonyl (C=O) groups excluding carboxylic acids is 3. The van der Waals surface area contributed by atoms with Crippen molar-refractivity contribution in [3.8, 4) is 5.75 Å². The summed E-state index contributed by atoms with van der Waals surface area (Å²) in [4.78, 5) is 40.0. The van der Waals surface area contributed by atoms with E-state index < -0.39 is 81.4 Å². The number of anilines is 1. The first-order chi connectivity index (χ1) is 15.3. The second-order valence-corrected chi connectivity index (χ2v) is 9.02. The number of nitrogens with zero attached hydrogens (tertiary/aromatic N) is 1. The van der Waals surface area contributed by atoms with Crippen LogP contribution in [0.3, 0.4) is 0 Å². The van der Waals surface area contributed by atoms with Crippen molar-refractivity contribution >= 4 is 41.3 Å². The monoisotopic (exact) mass is 495 g/mol. The maximum atomic E-state index is 13.7. The van der Waals surface area contributed by atoms with Crippen molar-refractivity contribution in [1.29, 1.82) is 0 Å². The van der Waals surface area contributed by atoms with Gasteiger partial charge in [-0.2, -0.15) is 0 Å². The highest BCUT2D eigenvalue weighted by molar-refractivity contribution is 6.24. The zero-order chi connectivity index (χ0) is 24.7. The number of phenols is 1. The van der Waals surface area contributed by atoms with Gasteiger partial charge in [0.25, 0.3) is 5.91 Å². The molecular weight excluding hydrogens is 470 g/mol. The van der Waals surface area contributed by atoms with Gasteiger partial charge in [0.2, 0.25) is 5.78 Å². The number of hydrogen-bond donors (Lipinski definition) is 7. The van der Waals surface area contributed by atoms with E-state index in [1.165, 1.54) is 31.1 Å². The lowest BCUT2D eigenvalue weighted by Gasteiger charge is -2.53. The highest BCUT2D eigenvalue weighted by Crippen LogP contribution is 2.56. The molecule has 9 N–H and O–H groups in total. The smallest absolute Gasteiger partial charge is 0.255 e. The predicted molar refractivity (Wildman–Crippen MR) is 122 cm³/mol. The predicted octanol–water partition coefficient (Wildman–Crippen LogP) is -0.500. The average molecular weight is 496 g/mol. The zero-order valence-electron chi connectivity index (χ0n) is 18.5. The van der Waals surface area contributed by atoms with E-state index >= 15 is 0 Å². The fraction of sp³-hybridized carbons (Fsp3) is 0.409. The normalized spacial score (nSPS) is 32.7. The molecule has 34 heavy (non-hydrogen) atoms. The number of Topliss-reactive ketones (excluding diaryl/α,β-unsaturated/α-hetero) is 2. The number of fused-ring (bicyclic) bond motifs is 3. The van der Waals surface area contributed by atoms with Crippen LogP contribution in [0.15, 0.2) is 29.0 Å². The summed E-state index contributed by atoms with van der Waals surface area (Å²) in [7, 11) is 2.90. The summed E-state index contributed by atoms with van der Waals surface area (Å²) < 4.78 is 0. The number of hydrogen-bond acceptors (Lipinski definition) is 10. The summed E-state index contributed by atoms with van der Waals surface area (Å²) in [6.07, 6.45) is -1.62. The van der Waals surface area contributed by atoms with E-state index in [1.807, 2.05) is 0 Å². The number of benzene rings is 1. The topological polar surface area (TPSA) is 208 Å². The Hall–Kier alpha value is -3.12. The summed E-state index contributed by atoms with van der Waals surface area (Å²) in [5.74, 6) is -9.34. The van der Waals surface area contributed by atoms with Crippen LogP contribution in [0.1, 0.15) is 24.0 Å². The van der Waals surface area contributed by atoms with Crippen LogP contribution in [0.4, 0.5) is 5.69 Å². The molecule has 0 unspecified atom stereocenters. The Morgan fingerprint density at radius 3 is 2.26 bits per heavy atom. The minimum atomic E-state index is -2.93. The molecule has 12 heteroatoms. The number of rotatable bonds is 2. The molecule has 0 aliphatic heterocycles. The summed E-state index contributed by atoms with van der Waals surface area (Å²) in [5.41, 5.74) is 6.86. The van der Waals surface area contributed by atoms with Crippen molar-refractivity contribution in [2.24, 2.45) is 17.6 Å². The van der Waals surface area contributed by atoms with Gasteiger partial charge in [0.15, 0.2) is 11.4 Å². The minimum Gasteiger partial charge on any atom is -0.508 e. The molecule has 0 bridgehead atoms. The van der Waals surface area contributed by atoms with Gasteiger partial charge in [0, 0.05) is 11.5 Å². The van der Waals surface area contributed by atoms with Crippen molar-refractivity contribution in [3.63, 3.8) is 0 Å². The van der Waals surface area contributed by atoms with E-state index in [-0.39, 0.29) is 23.7 Å². The Bertz CT molecular complexity index is 1190. The molecule has 3 aliphatic rings. The Kier molecular flexibility index (Phi) is 5.99. The number of likely N-dealkylation sites (N-methyl/N-ethyl adjacent to an activating group) is 1. The third kappa shape index (κ3) is 2.91. The fourth-order valence-corrected chi connectivity index (χ4v) is 5.63. The van der Waals surface area contributed by atoms with Crippen LogP contribution < -0.4 is 11.5 Å². The van der Waals surface area contributed by atoms with E-state index in [2.05, 4.69) is 0 Å². The minimum absolute atomic E-state index is 0. The lowest BCUT2D eigenvalue weighted by atomic mass is 9.54. The number of nitrogens with two attached hydrogens (primary N) is 2. The highest BCUT2D eigenvalue weighted by atomic mass is 35.5. The summed E-state index contributed by atoms with van der Waals surface area (Å²) >= 11 is 0. The molecule has 3 aliphatic carbocycles. The van der Waals surface area contributed by atoms with Crippen molar-refractivity contribution in [1.82, 2.24) is 4.90 Å². The first-order valence-corrected chi connectivity index (χ1v) is 10.2. The molecule has 11 nitrogen and oxygen atoms in total. The lowest BCUT2D eigenvalue weighted by Crippen LogP contribution is -2.70. The van der Waals surface area contributed by atoms with Crippen molar-refractivity contribution in [2.45, 2.75) is 30.6 Å². The van der Waals surface area contributed by atoms with E-state index in [9.17, 15) is 39.9 Å². The molecular formula is C22H26ClN3O8. The number of ketones is 2. The van der Waals surface area contributed by atoms with Crippen LogP contribution >= 0.6 is 12.4 Å². The van der Waals surface area contributed by atoms with Gasteiger partial charge >= 0.3 is 0 Å². The molecule has 1 aromatic carbocycles. The number of amides is 1. The van der Waals surface area contributed by atoms with Crippen LogP contribution in [0.2, 0.25) is 0 Å². The van der Waals surface area contributed by atoms with Crippen LogP contribution in [-0.2, 0) is 14.4 Å². The largest absolute Gasteiger partial charge is 0.508 e. The number of carbonyl (C=O) groups is 3. The van der Waals surface area contributed by atoms with E-state index in [4.69, 9.17) is 11.5 Å². The van der Waals surface area contributed by atoms with Gasteiger partial charge in [0.05, 0.1) is 29.3 Å². The second kappa shape index (κ2) is 7.98. The highest BCUT2D eigenvalue weighted by Gasteiger charge is 2.68. The number of phenolic OH excluding ortho intramolecular Hbond substituents is 1. The molecule has 184 valence electrons. The van der Waals surface area contributed by atoms with Crippen molar-refractivity contribution in [3.05, 3.63) is 40.2 Å². The molecule has 0 heterocycles. The van der Waals surface area contributed by atoms with Crippen LogP contribution in [-0.4, -0.2) is 79.7 Å². The van der Waals surface area contributed by atoms with Gasteiger partial charge in [-0.25, -0.2) is 0 Å². The molecule has 0 saturated heterocycles. The Morgan fingerprint density at radius 2 is 1.74 bits per heavy atom. The number of primary amides is 1. The van der Waals surface area contributed by atoms with Crippen LogP contribution in [0.25, 0.3) is 5.76 Å². The Morgan fingerprint density at radius 1 is 1.15 bits per heavy atom. The lowest BCUT2D eigenvalue weighted by molar-refractivity contribution is -0.169. The van der Waals surface area contributed by atoms with Gasteiger partial charge in [0.1, 0.15) is 22.8 Å². The maximum Gasteiger partial charge on any atom is 0.255 e. The third-order valence-electron chi connectivity index (χ3n) is 7.16. The summed E-state index contributed by atoms with van der Waals surface area (Å²) in [5, 5.41) is 55.2. The number of aliphatic hydroxyl groups is 4. The number of nitrogen functional groups attached to an aromatic ring is 1. The molecule has 0 spiro atoms. The van der Waals surface area contributed by atoms with E-state index in [0.29, 0.717) is 5.56 Å². The molecule has 1 fully saturated rings. The molecule has 1 amide bonds. The van der Waals surface area contributed by atoms with Crippen LogP contribution in [0.5, 0.6) is 5.75 Å². The Balaban J connectivity index is 0.00000324. The molecule has 4 rings (SSSR count). The number of aromatic hydroxyl groups is 1. The fourth-order valence-electron chi connectivity index (χ4n) is 5.63. The van der Waals surface area contributed by atoms with Gasteiger partial charge < -0.3 is 37.0 Å². The van der Waals surface area contributed by atoms with E-state index in [1.54, 1.807) is 6.92 Å². The van der Waals surface area contributed by atoms with Gasteiger partial charge in [-0.05, 0) is 31.6 Å². The first-order valence-electron chi connectivity index (χ1n) is 10.2. The molecule has 1 saturated carbocycles. The quantitative estimate of drug-likeness (QED) is 0.159. The second-order valence-electron chi connectivity index (χ2n) is 9.02.